The van der Waals surface area contributed by atoms with E-state index in [2.05, 4.69) is 267 Å². The molecule has 8 aromatic carbocycles. The maximum atomic E-state index is 5.18. The average molecular weight is 883 g/mol. The van der Waals surface area contributed by atoms with Crippen molar-refractivity contribution in [1.29, 1.82) is 0 Å². The molecule has 0 N–H and O–H groups in total. The molecule has 0 amide bonds. The van der Waals surface area contributed by atoms with Gasteiger partial charge >= 0.3 is 0 Å². The predicted molar refractivity (Wildman–Crippen MR) is 287 cm³/mol. The number of aromatic nitrogens is 4. The minimum absolute atomic E-state index is 0.294. The van der Waals surface area contributed by atoms with Crippen LogP contribution in [-0.4, -0.2) is 18.7 Å². The Morgan fingerprint density at radius 3 is 1.69 bits per heavy atom. The lowest BCUT2D eigenvalue weighted by Crippen LogP contribution is -2.13. The SMILES string of the molecule is CC(C)c1cccc(C(C)C)c1-c1ccnc(-n2c3ccccc3c3ccc(N(c4cccc(-n5[cH+]n(C(C)C)c6ccccc65)c4)c4c(-c5ccccc5)cccc4-c4ccccc4)cc32)c1. The molecule has 332 valence electrons. The molecule has 0 saturated carbocycles. The fraction of sp³-hybridized carbons (Fsp3) is 0.143. The molecule has 68 heavy (non-hydrogen) atoms. The maximum Gasteiger partial charge on any atom is 0.191 e. The topological polar surface area (TPSA) is 30.9 Å². The van der Waals surface area contributed by atoms with Gasteiger partial charge in [-0.2, -0.15) is 4.57 Å². The molecular formula is C63H56N5+. The number of hydrogen-bond acceptors (Lipinski definition) is 2. The molecule has 3 heterocycles. The van der Waals surface area contributed by atoms with Crippen LogP contribution in [0.3, 0.4) is 0 Å². The predicted octanol–water partition coefficient (Wildman–Crippen LogP) is 17.5. The van der Waals surface area contributed by atoms with E-state index in [9.17, 15) is 0 Å². The summed E-state index contributed by atoms with van der Waals surface area (Å²) in [4.78, 5) is 7.67. The van der Waals surface area contributed by atoms with Crippen LogP contribution in [0, 0.1) is 0 Å². The molecule has 5 heteroatoms. The minimum Gasteiger partial charge on any atom is -0.308 e. The molecule has 0 unspecified atom stereocenters. The molecule has 0 saturated heterocycles. The highest BCUT2D eigenvalue weighted by Gasteiger charge is 2.26. The van der Waals surface area contributed by atoms with Crippen LogP contribution < -0.4 is 4.90 Å². The number of benzene rings is 8. The Kier molecular flexibility index (Phi) is 11.1. The second kappa shape index (κ2) is 17.7. The van der Waals surface area contributed by atoms with E-state index in [1.165, 1.54) is 38.5 Å². The Hall–Kier alpha value is -8.02. The number of pyridine rings is 1. The van der Waals surface area contributed by atoms with Crippen LogP contribution in [0.1, 0.15) is 70.5 Å². The highest BCUT2D eigenvalue weighted by molar-refractivity contribution is 6.11. The zero-order valence-corrected chi connectivity index (χ0v) is 39.7. The van der Waals surface area contributed by atoms with Gasteiger partial charge in [-0.1, -0.05) is 149 Å². The third-order valence-corrected chi connectivity index (χ3v) is 13.6. The molecule has 0 bridgehead atoms. The quantitative estimate of drug-likeness (QED) is 0.121. The Morgan fingerprint density at radius 2 is 1.03 bits per heavy atom. The Balaban J connectivity index is 1.20. The standard InChI is InChI=1S/C63H56N5/c1-42(2)51-27-18-28-52(43(3)4)62(51)47-36-37-64-61(38-47)68-57-31-14-13-26-55(57)56-35-34-50(40-60(56)68)67(49-25-17-24-48(39-49)66-41-65(44(5)6)58-32-15-16-33-59(58)66)63-53(45-20-9-7-10-21-45)29-19-30-54(63)46-22-11-8-12-23-46/h7-44H,1-6H3/q+1. The van der Waals surface area contributed by atoms with Crippen LogP contribution in [-0.2, 0) is 0 Å². The molecule has 5 nitrogen and oxygen atoms in total. The first-order valence-electron chi connectivity index (χ1n) is 24.0. The minimum atomic E-state index is 0.294. The molecule has 3 aromatic heterocycles. The van der Waals surface area contributed by atoms with Crippen LogP contribution >= 0.6 is 0 Å². The van der Waals surface area contributed by atoms with E-state index < -0.39 is 0 Å². The third-order valence-electron chi connectivity index (χ3n) is 13.6. The molecule has 0 aliphatic carbocycles. The summed E-state index contributed by atoms with van der Waals surface area (Å²) in [6, 6.07) is 73.4. The van der Waals surface area contributed by atoms with Gasteiger partial charge in [-0.3, -0.25) is 4.57 Å². The van der Waals surface area contributed by atoms with Crippen LogP contribution in [0.25, 0.3) is 77.7 Å². The lowest BCUT2D eigenvalue weighted by atomic mass is 9.85. The largest absolute Gasteiger partial charge is 0.308 e. The summed E-state index contributed by atoms with van der Waals surface area (Å²) >= 11 is 0. The van der Waals surface area contributed by atoms with E-state index in [1.807, 2.05) is 6.20 Å². The molecule has 0 radical (unpaired) electrons. The highest BCUT2D eigenvalue weighted by atomic mass is 15.2. The van der Waals surface area contributed by atoms with Gasteiger partial charge in [0.15, 0.2) is 17.4 Å². The molecule has 0 aliphatic heterocycles. The Bertz CT molecular complexity index is 3530. The zero-order chi connectivity index (χ0) is 46.5. The van der Waals surface area contributed by atoms with Crippen molar-refractivity contribution in [1.82, 2.24) is 18.7 Å². The van der Waals surface area contributed by atoms with E-state index in [4.69, 9.17) is 4.98 Å². The monoisotopic (exact) mass is 882 g/mol. The lowest BCUT2D eigenvalue weighted by molar-refractivity contribution is 0.612. The van der Waals surface area contributed by atoms with Gasteiger partial charge in [0, 0.05) is 58.0 Å². The van der Waals surface area contributed by atoms with Crippen molar-refractivity contribution in [3.05, 3.63) is 224 Å². The summed E-state index contributed by atoms with van der Waals surface area (Å²) in [5.74, 6) is 1.63. The van der Waals surface area contributed by atoms with Crippen molar-refractivity contribution in [2.24, 2.45) is 0 Å². The Labute approximate surface area is 399 Å². The smallest absolute Gasteiger partial charge is 0.191 e. The van der Waals surface area contributed by atoms with Crippen molar-refractivity contribution in [3.63, 3.8) is 0 Å². The molecule has 0 atom stereocenters. The summed E-state index contributed by atoms with van der Waals surface area (Å²) in [5, 5.41) is 2.36. The van der Waals surface area contributed by atoms with Gasteiger partial charge in [0.2, 0.25) is 0 Å². The van der Waals surface area contributed by atoms with Crippen LogP contribution in [0.15, 0.2) is 213 Å². The maximum absolute atomic E-state index is 5.18. The second-order valence-electron chi connectivity index (χ2n) is 18.8. The first kappa shape index (κ1) is 42.6. The first-order chi connectivity index (χ1) is 33.2. The highest BCUT2D eigenvalue weighted by Crippen LogP contribution is 2.48. The van der Waals surface area contributed by atoms with Gasteiger partial charge in [0.1, 0.15) is 11.5 Å². The van der Waals surface area contributed by atoms with Crippen LogP contribution in [0.4, 0.5) is 17.1 Å². The Morgan fingerprint density at radius 1 is 0.456 bits per heavy atom. The number of fused-ring (bicyclic) bond motifs is 4. The molecular weight excluding hydrogens is 827 g/mol. The second-order valence-corrected chi connectivity index (χ2v) is 18.8. The van der Waals surface area contributed by atoms with Gasteiger partial charge in [-0.15, -0.1) is 0 Å². The van der Waals surface area contributed by atoms with Gasteiger partial charge in [-0.25, -0.2) is 9.55 Å². The van der Waals surface area contributed by atoms with Gasteiger partial charge in [0.05, 0.1) is 28.5 Å². The molecule has 0 spiro atoms. The number of hydrogen-bond donors (Lipinski definition) is 0. The molecule has 0 fully saturated rings. The summed E-state index contributed by atoms with van der Waals surface area (Å²) in [6.07, 6.45) is 4.24. The van der Waals surface area contributed by atoms with Crippen LogP contribution in [0.2, 0.25) is 0 Å². The van der Waals surface area contributed by atoms with Crippen molar-refractivity contribution in [2.45, 2.75) is 59.4 Å². The molecule has 0 aliphatic rings. The number of imidazole rings is 1. The number of anilines is 3. The van der Waals surface area contributed by atoms with Crippen molar-refractivity contribution in [2.75, 3.05) is 4.90 Å². The number of nitrogens with zero attached hydrogens (tertiary/aromatic N) is 5. The van der Waals surface area contributed by atoms with E-state index in [0.717, 1.165) is 67.4 Å². The van der Waals surface area contributed by atoms with Crippen molar-refractivity contribution < 1.29 is 0 Å². The first-order valence-corrected chi connectivity index (χ1v) is 24.0. The van der Waals surface area contributed by atoms with Crippen molar-refractivity contribution in [3.8, 4) is 44.9 Å². The molecule has 11 aromatic rings. The summed E-state index contributed by atoms with van der Waals surface area (Å²) in [7, 11) is 0. The van der Waals surface area contributed by atoms with Gasteiger partial charge in [-0.05, 0) is 114 Å². The lowest BCUT2D eigenvalue weighted by Gasteiger charge is -2.30. The molecule has 11 rings (SSSR count). The zero-order valence-electron chi connectivity index (χ0n) is 39.7. The van der Waals surface area contributed by atoms with Gasteiger partial charge in [0.25, 0.3) is 0 Å². The van der Waals surface area contributed by atoms with Crippen LogP contribution in [0.5, 0.6) is 0 Å². The fourth-order valence-corrected chi connectivity index (χ4v) is 10.4. The van der Waals surface area contributed by atoms with E-state index in [1.54, 1.807) is 0 Å². The summed E-state index contributed by atoms with van der Waals surface area (Å²) in [6.45, 7) is 13.7. The fourth-order valence-electron chi connectivity index (χ4n) is 10.4. The normalized spacial score (nSPS) is 11.8. The average Bonchev–Trinajstić information content (AvgIpc) is 3.93. The van der Waals surface area contributed by atoms with Crippen molar-refractivity contribution >= 4 is 49.9 Å². The van der Waals surface area contributed by atoms with E-state index >= 15 is 0 Å². The number of rotatable bonds is 11. The van der Waals surface area contributed by atoms with Gasteiger partial charge < -0.3 is 4.90 Å². The number of para-hydroxylation sites is 4. The van der Waals surface area contributed by atoms with E-state index in [0.29, 0.717) is 17.9 Å². The third kappa shape index (κ3) is 7.45. The van der Waals surface area contributed by atoms with E-state index in [-0.39, 0.29) is 0 Å². The summed E-state index contributed by atoms with van der Waals surface area (Å²) < 4.78 is 7.07. The summed E-state index contributed by atoms with van der Waals surface area (Å²) in [5.41, 5.74) is 18.6.